The number of hydrogen-bond acceptors (Lipinski definition) is 7. The molecule has 38 heavy (non-hydrogen) atoms. The van der Waals surface area contributed by atoms with Crippen LogP contribution < -0.4 is 9.47 Å². The lowest BCUT2D eigenvalue weighted by Crippen LogP contribution is -2.27. The minimum Gasteiger partial charge on any atom is -0.460 e. The largest absolute Gasteiger partial charge is 0.519 e. The van der Waals surface area contributed by atoms with Crippen LogP contribution in [0.3, 0.4) is 0 Å². The number of carbonyl (C=O) groups excluding carboxylic acids is 3. The summed E-state index contributed by atoms with van der Waals surface area (Å²) in [7, 11) is 0. The van der Waals surface area contributed by atoms with Gasteiger partial charge in [-0.3, -0.25) is 9.59 Å². The summed E-state index contributed by atoms with van der Waals surface area (Å²) in [4.78, 5) is 37.8. The molecule has 0 aromatic heterocycles. The summed E-state index contributed by atoms with van der Waals surface area (Å²) < 4.78 is 24.7. The van der Waals surface area contributed by atoms with Crippen molar-refractivity contribution in [2.24, 2.45) is 0 Å². The summed E-state index contributed by atoms with van der Waals surface area (Å²) in [6, 6.07) is 7.17. The highest BCUT2D eigenvalue weighted by molar-refractivity contribution is 14.1. The van der Waals surface area contributed by atoms with Crippen LogP contribution in [0.5, 0.6) is 11.5 Å². The second kappa shape index (κ2) is 13.5. The predicted octanol–water partition coefficient (Wildman–Crippen LogP) is 8.57. The molecule has 0 saturated heterocycles. The molecule has 0 heterocycles. The maximum absolute atomic E-state index is 12.8. The zero-order chi connectivity index (χ0) is 29.2. The van der Waals surface area contributed by atoms with E-state index in [0.29, 0.717) is 25.8 Å². The summed E-state index contributed by atoms with van der Waals surface area (Å²) in [6.07, 6.45) is -0.891. The molecule has 2 atom stereocenters. The molecule has 0 aliphatic rings. The Labute approximate surface area is 278 Å². The first-order valence-electron chi connectivity index (χ1n) is 11.6. The Hall–Kier alpha value is -0.430. The van der Waals surface area contributed by atoms with E-state index in [9.17, 15) is 14.4 Å². The molecule has 208 valence electrons. The maximum atomic E-state index is 12.8. The van der Waals surface area contributed by atoms with E-state index in [-0.39, 0.29) is 11.9 Å². The minimum absolute atomic E-state index is 0.328. The number of esters is 2. The van der Waals surface area contributed by atoms with Gasteiger partial charge in [0.1, 0.15) is 11.2 Å². The van der Waals surface area contributed by atoms with Crippen LogP contribution in [-0.4, -0.2) is 29.3 Å². The fraction of sp³-hybridized carbons (Fsp3) is 0.444. The van der Waals surface area contributed by atoms with Gasteiger partial charge in [0.2, 0.25) is 0 Å². The zero-order valence-electron chi connectivity index (χ0n) is 22.3. The molecule has 11 heteroatoms. The molecule has 0 amide bonds. The first kappa shape index (κ1) is 33.8. The molecule has 0 radical (unpaired) electrons. The fourth-order valence-electron chi connectivity index (χ4n) is 3.09. The summed E-state index contributed by atoms with van der Waals surface area (Å²) in [5, 5.41) is 0. The summed E-state index contributed by atoms with van der Waals surface area (Å²) in [5.74, 6) is -0.937. The molecule has 0 aliphatic carbocycles. The van der Waals surface area contributed by atoms with E-state index in [4.69, 9.17) is 18.9 Å². The fourth-order valence-corrected chi connectivity index (χ4v) is 7.17. The van der Waals surface area contributed by atoms with Gasteiger partial charge < -0.3 is 18.9 Å². The van der Waals surface area contributed by atoms with E-state index in [1.165, 1.54) is 0 Å². The molecular weight excluding hydrogens is 944 g/mol. The Kier molecular flexibility index (Phi) is 12.0. The summed E-state index contributed by atoms with van der Waals surface area (Å²) in [5.41, 5.74) is 0.346. The smallest absolute Gasteiger partial charge is 0.460 e. The number of rotatable bonds is 6. The first-order chi connectivity index (χ1) is 17.3. The van der Waals surface area contributed by atoms with Crippen molar-refractivity contribution in [2.75, 3.05) is 0 Å². The van der Waals surface area contributed by atoms with Crippen molar-refractivity contribution in [3.63, 3.8) is 0 Å². The average molecular weight is 974 g/mol. The zero-order valence-corrected chi connectivity index (χ0v) is 31.0. The molecular formula is C27H30I4O7. The van der Waals surface area contributed by atoms with Crippen molar-refractivity contribution in [3.8, 4) is 11.5 Å². The van der Waals surface area contributed by atoms with Gasteiger partial charge >= 0.3 is 18.1 Å². The topological polar surface area (TPSA) is 88.1 Å². The van der Waals surface area contributed by atoms with Crippen LogP contribution in [-0.2, 0) is 19.1 Å². The number of hydrogen-bond donors (Lipinski definition) is 0. The van der Waals surface area contributed by atoms with Crippen LogP contribution >= 0.6 is 90.4 Å². The van der Waals surface area contributed by atoms with Crippen LogP contribution in [0, 0.1) is 14.3 Å². The molecule has 7 nitrogen and oxygen atoms in total. The van der Waals surface area contributed by atoms with Crippen LogP contribution in [0.4, 0.5) is 4.79 Å². The summed E-state index contributed by atoms with van der Waals surface area (Å²) in [6.45, 7) is 14.5. The quantitative estimate of drug-likeness (QED) is 0.163. The van der Waals surface area contributed by atoms with Crippen molar-refractivity contribution in [1.29, 1.82) is 0 Å². The molecule has 0 N–H and O–H groups in total. The van der Waals surface area contributed by atoms with Crippen LogP contribution in [0.15, 0.2) is 24.3 Å². The molecule has 0 bridgehead atoms. The number of carbonyl (C=O) groups is 3. The number of benzene rings is 2. The third-order valence-electron chi connectivity index (χ3n) is 4.93. The third kappa shape index (κ3) is 9.89. The normalized spacial score (nSPS) is 13.4. The second-order valence-electron chi connectivity index (χ2n) is 10.6. The highest BCUT2D eigenvalue weighted by Crippen LogP contribution is 2.35. The van der Waals surface area contributed by atoms with Crippen molar-refractivity contribution in [1.82, 2.24) is 0 Å². The Bertz CT molecular complexity index is 1090. The Morgan fingerprint density at radius 1 is 0.605 bits per heavy atom. The molecule has 0 spiro atoms. The first-order valence-corrected chi connectivity index (χ1v) is 15.9. The van der Waals surface area contributed by atoms with Gasteiger partial charge in [0.15, 0.2) is 11.5 Å². The van der Waals surface area contributed by atoms with E-state index in [0.717, 1.165) is 11.1 Å². The van der Waals surface area contributed by atoms with E-state index in [2.05, 4.69) is 90.4 Å². The Morgan fingerprint density at radius 2 is 0.868 bits per heavy atom. The molecule has 0 fully saturated rings. The monoisotopic (exact) mass is 974 g/mol. The Morgan fingerprint density at radius 3 is 1.11 bits per heavy atom. The average Bonchev–Trinajstić information content (AvgIpc) is 2.75. The van der Waals surface area contributed by atoms with E-state index in [1.807, 2.05) is 41.5 Å². The minimum atomic E-state index is -0.891. The lowest BCUT2D eigenvalue weighted by molar-refractivity contribution is -0.157. The van der Waals surface area contributed by atoms with Crippen molar-refractivity contribution < 1.29 is 33.3 Å². The van der Waals surface area contributed by atoms with Crippen molar-refractivity contribution in [3.05, 3.63) is 49.7 Å². The van der Waals surface area contributed by atoms with Crippen LogP contribution in [0.2, 0.25) is 0 Å². The number of halogens is 4. The standard InChI is InChI=1S/C27H30I4O7/c1-13(23(32)37-26(3,4)5)15-9-17(28)21(18(29)10-15)35-25(34)36-22-19(30)11-16(12-20(22)31)14(2)24(33)38-27(6,7)8/h9-14H,1-8H3. The van der Waals surface area contributed by atoms with Gasteiger partial charge in [-0.15, -0.1) is 0 Å². The van der Waals surface area contributed by atoms with Gasteiger partial charge in [-0.2, -0.15) is 0 Å². The van der Waals surface area contributed by atoms with Crippen molar-refractivity contribution in [2.45, 2.75) is 78.4 Å². The lowest BCUT2D eigenvalue weighted by Gasteiger charge is -2.23. The molecule has 2 rings (SSSR count). The number of ether oxygens (including phenoxy) is 4. The Balaban J connectivity index is 2.19. The second-order valence-corrected chi connectivity index (χ2v) is 15.2. The van der Waals surface area contributed by atoms with Gasteiger partial charge in [-0.05, 0) is 181 Å². The molecule has 0 saturated carbocycles. The predicted molar refractivity (Wildman–Crippen MR) is 179 cm³/mol. The van der Waals surface area contributed by atoms with Crippen LogP contribution in [0.1, 0.15) is 78.4 Å². The maximum Gasteiger partial charge on any atom is 0.519 e. The molecule has 0 aliphatic heterocycles. The van der Waals surface area contributed by atoms with Gasteiger partial charge in [0.05, 0.1) is 26.1 Å². The van der Waals surface area contributed by atoms with Crippen molar-refractivity contribution >= 4 is 108 Å². The van der Waals surface area contributed by atoms with Gasteiger partial charge in [0.25, 0.3) is 0 Å². The van der Waals surface area contributed by atoms with Crippen LogP contribution in [0.25, 0.3) is 0 Å². The highest BCUT2D eigenvalue weighted by Gasteiger charge is 2.27. The van der Waals surface area contributed by atoms with E-state index < -0.39 is 29.2 Å². The molecule has 2 aromatic carbocycles. The van der Waals surface area contributed by atoms with Gasteiger partial charge in [0, 0.05) is 0 Å². The van der Waals surface area contributed by atoms with Gasteiger partial charge in [-0.1, -0.05) is 0 Å². The summed E-state index contributed by atoms with van der Waals surface area (Å²) >= 11 is 8.26. The lowest BCUT2D eigenvalue weighted by atomic mass is 10.0. The highest BCUT2D eigenvalue weighted by atomic mass is 127. The van der Waals surface area contributed by atoms with E-state index in [1.54, 1.807) is 38.1 Å². The SMILES string of the molecule is CC(C(=O)OC(C)(C)C)c1cc(I)c(OC(=O)Oc2c(I)cc(C(C)C(=O)OC(C)(C)C)cc2I)c(I)c1. The van der Waals surface area contributed by atoms with E-state index >= 15 is 0 Å². The molecule has 2 unspecified atom stereocenters. The third-order valence-corrected chi connectivity index (χ3v) is 8.14. The molecule has 2 aromatic rings. The van der Waals surface area contributed by atoms with Gasteiger partial charge in [-0.25, -0.2) is 4.79 Å².